The van der Waals surface area contributed by atoms with Gasteiger partial charge in [0.25, 0.3) is 0 Å². The lowest BCUT2D eigenvalue weighted by Crippen LogP contribution is -2.48. The Morgan fingerprint density at radius 3 is 2.56 bits per heavy atom. The van der Waals surface area contributed by atoms with Crippen molar-refractivity contribution in [3.63, 3.8) is 0 Å². The van der Waals surface area contributed by atoms with Gasteiger partial charge in [0, 0.05) is 62.9 Å². The molecule has 1 aromatic heterocycles. The summed E-state index contributed by atoms with van der Waals surface area (Å²) in [7, 11) is 3.98. The number of urea groups is 1. The Kier molecular flexibility index (Phi) is 5.85. The Morgan fingerprint density at radius 2 is 1.75 bits per heavy atom. The fraction of sp³-hybridized carbons (Fsp3) is 0.370. The highest BCUT2D eigenvalue weighted by molar-refractivity contribution is 5.95. The van der Waals surface area contributed by atoms with E-state index < -0.39 is 0 Å². The number of likely N-dealkylation sites (N-methyl/N-ethyl adjacent to an activating group) is 1. The number of aromatic nitrogens is 2. The van der Waals surface area contributed by atoms with Gasteiger partial charge in [0.1, 0.15) is 5.69 Å². The molecule has 2 aromatic carbocycles. The smallest absolute Gasteiger partial charge is 0.325 e. The lowest BCUT2D eigenvalue weighted by Gasteiger charge is -2.41. The minimum absolute atomic E-state index is 0.0142. The molecule has 3 aromatic rings. The topological polar surface area (TPSA) is 79.9 Å². The zero-order valence-electron chi connectivity index (χ0n) is 20.8. The van der Waals surface area contributed by atoms with Crippen LogP contribution in [0.15, 0.2) is 54.6 Å². The number of nitrogens with one attached hydrogen (secondary N) is 2. The van der Waals surface area contributed by atoms with Gasteiger partial charge < -0.3 is 25.3 Å². The summed E-state index contributed by atoms with van der Waals surface area (Å²) in [5.41, 5.74) is 6.03. The highest BCUT2D eigenvalue weighted by atomic mass is 16.2. The van der Waals surface area contributed by atoms with E-state index >= 15 is 0 Å². The summed E-state index contributed by atoms with van der Waals surface area (Å²) in [6, 6.07) is 18.6. The second kappa shape index (κ2) is 9.31. The van der Waals surface area contributed by atoms with Crippen LogP contribution in [0.3, 0.4) is 0 Å². The fourth-order valence-electron chi connectivity index (χ4n) is 5.38. The zero-order chi connectivity index (χ0) is 24.6. The SMILES string of the molecule is CN1CCN(c2ccc(Nc3cc4c(nn3)CN(C3CCNc5ccccc53)C(=O)N4C)cc2)CC1. The minimum Gasteiger partial charge on any atom is -0.385 e. The highest BCUT2D eigenvalue weighted by Gasteiger charge is 2.36. The van der Waals surface area contributed by atoms with E-state index in [1.807, 2.05) is 30.1 Å². The van der Waals surface area contributed by atoms with Crippen molar-refractivity contribution in [2.45, 2.75) is 19.0 Å². The second-order valence-corrected chi connectivity index (χ2v) is 9.81. The van der Waals surface area contributed by atoms with Crippen LogP contribution in [0.1, 0.15) is 23.7 Å². The predicted molar refractivity (Wildman–Crippen MR) is 143 cm³/mol. The molecule has 1 unspecified atom stereocenters. The largest absolute Gasteiger partial charge is 0.385 e. The number of benzene rings is 2. The van der Waals surface area contributed by atoms with Gasteiger partial charge in [-0.3, -0.25) is 4.90 Å². The molecule has 1 fully saturated rings. The van der Waals surface area contributed by atoms with Gasteiger partial charge >= 0.3 is 6.03 Å². The molecule has 36 heavy (non-hydrogen) atoms. The van der Waals surface area contributed by atoms with E-state index in [9.17, 15) is 4.79 Å². The van der Waals surface area contributed by atoms with E-state index in [-0.39, 0.29) is 12.1 Å². The molecule has 0 radical (unpaired) electrons. The van der Waals surface area contributed by atoms with Gasteiger partial charge in [-0.25, -0.2) is 4.79 Å². The van der Waals surface area contributed by atoms with Crippen LogP contribution in [0, 0.1) is 0 Å². The Hall–Kier alpha value is -3.85. The Labute approximate surface area is 211 Å². The highest BCUT2D eigenvalue weighted by Crippen LogP contribution is 2.39. The van der Waals surface area contributed by atoms with Crippen molar-refractivity contribution in [3.05, 3.63) is 65.9 Å². The van der Waals surface area contributed by atoms with Gasteiger partial charge in [0.2, 0.25) is 0 Å². The molecule has 2 N–H and O–H groups in total. The van der Waals surface area contributed by atoms with Crippen LogP contribution in [0.5, 0.6) is 0 Å². The first kappa shape index (κ1) is 22.6. The molecular formula is C27H32N8O. The van der Waals surface area contributed by atoms with Crippen molar-refractivity contribution < 1.29 is 4.79 Å². The number of para-hydroxylation sites is 1. The molecule has 0 aliphatic carbocycles. The maximum Gasteiger partial charge on any atom is 0.325 e. The van der Waals surface area contributed by atoms with Gasteiger partial charge in [0.15, 0.2) is 5.82 Å². The number of anilines is 5. The number of carbonyl (C=O) groups excluding carboxylic acids is 1. The van der Waals surface area contributed by atoms with E-state index in [1.165, 1.54) is 5.69 Å². The fourth-order valence-corrected chi connectivity index (χ4v) is 5.38. The van der Waals surface area contributed by atoms with E-state index in [1.54, 1.807) is 4.90 Å². The summed E-state index contributed by atoms with van der Waals surface area (Å²) in [5, 5.41) is 15.8. The number of rotatable bonds is 4. The number of amides is 2. The third-order valence-corrected chi connectivity index (χ3v) is 7.50. The van der Waals surface area contributed by atoms with E-state index in [0.717, 1.165) is 67.5 Å². The molecule has 3 aliphatic rings. The van der Waals surface area contributed by atoms with E-state index in [2.05, 4.69) is 74.1 Å². The van der Waals surface area contributed by atoms with Gasteiger partial charge in [0.05, 0.1) is 18.3 Å². The summed E-state index contributed by atoms with van der Waals surface area (Å²) in [6.07, 6.45) is 0.864. The van der Waals surface area contributed by atoms with E-state index in [0.29, 0.717) is 12.4 Å². The number of nitrogens with zero attached hydrogens (tertiary/aromatic N) is 6. The molecule has 0 bridgehead atoms. The predicted octanol–water partition coefficient (Wildman–Crippen LogP) is 3.90. The summed E-state index contributed by atoms with van der Waals surface area (Å²) in [4.78, 5) is 21.8. The summed E-state index contributed by atoms with van der Waals surface area (Å²) >= 11 is 0. The first-order valence-electron chi connectivity index (χ1n) is 12.6. The van der Waals surface area contributed by atoms with Crippen LogP contribution in [-0.2, 0) is 6.54 Å². The third kappa shape index (κ3) is 4.19. The number of hydrogen-bond acceptors (Lipinski definition) is 7. The average Bonchev–Trinajstić information content (AvgIpc) is 2.92. The number of hydrogen-bond donors (Lipinski definition) is 2. The summed E-state index contributed by atoms with van der Waals surface area (Å²) in [6.45, 7) is 5.53. The third-order valence-electron chi connectivity index (χ3n) is 7.50. The van der Waals surface area contributed by atoms with Crippen molar-refractivity contribution in [3.8, 4) is 0 Å². The maximum absolute atomic E-state index is 13.4. The molecule has 2 amide bonds. The Bertz CT molecular complexity index is 1250. The maximum atomic E-state index is 13.4. The first-order valence-corrected chi connectivity index (χ1v) is 12.6. The lowest BCUT2D eigenvalue weighted by molar-refractivity contribution is 0.169. The Balaban J connectivity index is 1.18. The van der Waals surface area contributed by atoms with Crippen LogP contribution in [-0.4, -0.2) is 72.8 Å². The van der Waals surface area contributed by atoms with Gasteiger partial charge in [-0.05, 0) is 49.4 Å². The van der Waals surface area contributed by atoms with Crippen molar-refractivity contribution in [2.24, 2.45) is 0 Å². The molecule has 9 heteroatoms. The molecule has 9 nitrogen and oxygen atoms in total. The van der Waals surface area contributed by atoms with Crippen molar-refractivity contribution in [1.29, 1.82) is 0 Å². The summed E-state index contributed by atoms with van der Waals surface area (Å²) in [5.74, 6) is 0.626. The molecule has 4 heterocycles. The molecule has 3 aliphatic heterocycles. The van der Waals surface area contributed by atoms with Crippen LogP contribution < -0.4 is 20.4 Å². The van der Waals surface area contributed by atoms with Gasteiger partial charge in [-0.15, -0.1) is 10.2 Å². The molecule has 1 atom stereocenters. The first-order chi connectivity index (χ1) is 17.6. The van der Waals surface area contributed by atoms with Crippen LogP contribution in [0.4, 0.5) is 33.4 Å². The molecule has 6 rings (SSSR count). The van der Waals surface area contributed by atoms with Gasteiger partial charge in [-0.1, -0.05) is 18.2 Å². The quantitative estimate of drug-likeness (QED) is 0.581. The minimum atomic E-state index is -0.0142. The number of carbonyl (C=O) groups is 1. The molecule has 0 saturated carbocycles. The second-order valence-electron chi connectivity index (χ2n) is 9.81. The monoisotopic (exact) mass is 484 g/mol. The Morgan fingerprint density at radius 1 is 0.972 bits per heavy atom. The van der Waals surface area contributed by atoms with E-state index in [4.69, 9.17) is 0 Å². The van der Waals surface area contributed by atoms with Crippen LogP contribution >= 0.6 is 0 Å². The number of piperazine rings is 1. The molecule has 1 saturated heterocycles. The summed E-state index contributed by atoms with van der Waals surface area (Å²) < 4.78 is 0. The van der Waals surface area contributed by atoms with Crippen molar-refractivity contribution >= 4 is 34.6 Å². The molecular weight excluding hydrogens is 452 g/mol. The van der Waals surface area contributed by atoms with Crippen LogP contribution in [0.25, 0.3) is 0 Å². The average molecular weight is 485 g/mol. The normalized spacial score (nSPS) is 20.0. The zero-order valence-corrected chi connectivity index (χ0v) is 20.8. The molecule has 0 spiro atoms. The van der Waals surface area contributed by atoms with Crippen molar-refractivity contribution in [2.75, 3.05) is 67.3 Å². The molecule has 186 valence electrons. The number of fused-ring (bicyclic) bond motifs is 2. The van der Waals surface area contributed by atoms with Gasteiger partial charge in [-0.2, -0.15) is 0 Å². The van der Waals surface area contributed by atoms with Crippen LogP contribution in [0.2, 0.25) is 0 Å². The standard InChI is InChI=1S/C27H32N8O/c1-32-13-15-34(16-14-32)20-9-7-19(8-10-20)29-26-17-25-23(30-31-26)18-35(27(36)33(25)2)24-11-12-28-22-6-4-3-5-21(22)24/h3-10,17,24,28H,11-16,18H2,1-2H3,(H,29,31). The van der Waals surface area contributed by atoms with Crippen molar-refractivity contribution in [1.82, 2.24) is 20.0 Å². The lowest BCUT2D eigenvalue weighted by atomic mass is 9.96.